The van der Waals surface area contributed by atoms with E-state index in [2.05, 4.69) is 24.4 Å². The average molecular weight is 619 g/mol. The molecule has 0 spiro atoms. The minimum atomic E-state index is -0.163. The number of rotatable bonds is 37. The van der Waals surface area contributed by atoms with Gasteiger partial charge >= 0.3 is 0 Å². The lowest BCUT2D eigenvalue weighted by atomic mass is 10.0. The normalized spacial score (nSPS) is 11.5. The first-order valence-corrected chi connectivity index (χ1v) is 19.9. The highest BCUT2D eigenvalue weighted by Gasteiger charge is 2.01. The van der Waals surface area contributed by atoms with Gasteiger partial charge in [-0.05, 0) is 44.9 Å². The van der Waals surface area contributed by atoms with Gasteiger partial charge in [0.25, 0.3) is 0 Å². The van der Waals surface area contributed by atoms with E-state index in [1.54, 1.807) is 0 Å². The average Bonchev–Trinajstić information content (AvgIpc) is 3.01. The van der Waals surface area contributed by atoms with Crippen molar-refractivity contribution in [1.29, 1.82) is 0 Å². The molecule has 0 heterocycles. The second-order valence-corrected chi connectivity index (χ2v) is 13.6. The van der Waals surface area contributed by atoms with Crippen LogP contribution in [0, 0.1) is 0 Å². The summed E-state index contributed by atoms with van der Waals surface area (Å²) in [4.78, 5) is 22.8. The van der Waals surface area contributed by atoms with Crippen molar-refractivity contribution in [3.63, 3.8) is 0 Å². The van der Waals surface area contributed by atoms with Crippen LogP contribution in [0.1, 0.15) is 225 Å². The molecule has 44 heavy (non-hydrogen) atoms. The van der Waals surface area contributed by atoms with Crippen LogP contribution >= 0.6 is 0 Å². The third kappa shape index (κ3) is 38.7. The summed E-state index contributed by atoms with van der Waals surface area (Å²) in [5.41, 5.74) is 5.17. The number of hydrogen-bond acceptors (Lipinski definition) is 2. The molecule has 2 amide bonds. The lowest BCUT2D eigenvalue weighted by Gasteiger charge is -2.06. The van der Waals surface area contributed by atoms with Gasteiger partial charge in [-0.1, -0.05) is 180 Å². The zero-order valence-corrected chi connectivity index (χ0v) is 29.8. The highest BCUT2D eigenvalue weighted by atomic mass is 16.1. The molecule has 0 radical (unpaired) electrons. The van der Waals surface area contributed by atoms with Gasteiger partial charge in [0.05, 0.1) is 0 Å². The highest BCUT2D eigenvalue weighted by Crippen LogP contribution is 2.15. The predicted octanol–water partition coefficient (Wildman–Crippen LogP) is 12.4. The topological polar surface area (TPSA) is 72.2 Å². The molecule has 0 aromatic carbocycles. The summed E-state index contributed by atoms with van der Waals surface area (Å²) in [5, 5.41) is 3.13. The van der Waals surface area contributed by atoms with Gasteiger partial charge < -0.3 is 11.1 Å². The van der Waals surface area contributed by atoms with E-state index in [4.69, 9.17) is 5.73 Å². The summed E-state index contributed by atoms with van der Waals surface area (Å²) >= 11 is 0. The van der Waals surface area contributed by atoms with Crippen LogP contribution in [0.3, 0.4) is 0 Å². The molecule has 4 nitrogen and oxygen atoms in total. The fourth-order valence-corrected chi connectivity index (χ4v) is 6.10. The summed E-state index contributed by atoms with van der Waals surface area (Å²) < 4.78 is 0. The number of primary amides is 1. The van der Waals surface area contributed by atoms with Gasteiger partial charge in [0, 0.05) is 19.4 Å². The Hall–Kier alpha value is -1.32. The van der Waals surface area contributed by atoms with Crippen molar-refractivity contribution >= 4 is 11.8 Å². The zero-order chi connectivity index (χ0) is 32.0. The van der Waals surface area contributed by atoms with E-state index >= 15 is 0 Å². The Morgan fingerprint density at radius 1 is 0.432 bits per heavy atom. The minimum Gasteiger partial charge on any atom is -0.370 e. The Morgan fingerprint density at radius 3 is 1.14 bits per heavy atom. The maximum Gasteiger partial charge on any atom is 0.219 e. The summed E-state index contributed by atoms with van der Waals surface area (Å²) in [6.07, 6.45) is 48.0. The van der Waals surface area contributed by atoms with Crippen LogP contribution < -0.4 is 11.1 Å². The van der Waals surface area contributed by atoms with Crippen molar-refractivity contribution in [2.24, 2.45) is 5.73 Å². The summed E-state index contributed by atoms with van der Waals surface area (Å²) in [5.74, 6) is 0.0954. The molecule has 4 heteroatoms. The van der Waals surface area contributed by atoms with Crippen molar-refractivity contribution in [2.45, 2.75) is 225 Å². The molecule has 0 saturated heterocycles. The summed E-state index contributed by atoms with van der Waals surface area (Å²) in [6.45, 7) is 3.14. The number of amides is 2. The fourth-order valence-electron chi connectivity index (χ4n) is 6.10. The molecule has 0 atom stereocenters. The molecule has 0 aromatic heterocycles. The zero-order valence-electron chi connectivity index (χ0n) is 29.8. The molecular formula is C40H78N2O2. The molecule has 0 fully saturated rings. The molecule has 0 aliphatic rings. The Bertz CT molecular complexity index is 618. The fraction of sp³-hybridized carbons (Fsp3) is 0.900. The molecule has 0 unspecified atom stereocenters. The van der Waals surface area contributed by atoms with Crippen LogP contribution in [0.15, 0.2) is 12.2 Å². The van der Waals surface area contributed by atoms with Crippen molar-refractivity contribution in [1.82, 2.24) is 5.32 Å². The first-order chi connectivity index (χ1) is 21.7. The minimum absolute atomic E-state index is 0.163. The Labute approximate surface area is 275 Å². The van der Waals surface area contributed by atoms with Crippen molar-refractivity contribution in [3.8, 4) is 0 Å². The van der Waals surface area contributed by atoms with Gasteiger partial charge in [-0.15, -0.1) is 0 Å². The van der Waals surface area contributed by atoms with Gasteiger partial charge in [-0.25, -0.2) is 0 Å². The van der Waals surface area contributed by atoms with E-state index in [9.17, 15) is 9.59 Å². The second kappa shape index (κ2) is 37.9. The number of unbranched alkanes of at least 4 members (excludes halogenated alkanes) is 29. The number of carbonyl (C=O) groups excluding carboxylic acids is 2. The highest BCUT2D eigenvalue weighted by molar-refractivity contribution is 5.75. The largest absolute Gasteiger partial charge is 0.370 e. The van der Waals surface area contributed by atoms with Gasteiger partial charge in [0.15, 0.2) is 0 Å². The Balaban J connectivity index is 3.18. The van der Waals surface area contributed by atoms with E-state index < -0.39 is 0 Å². The van der Waals surface area contributed by atoms with Crippen LogP contribution in [0.2, 0.25) is 0 Å². The maximum absolute atomic E-state index is 12.1. The third-order valence-electron chi connectivity index (χ3n) is 9.09. The molecule has 3 N–H and O–H groups in total. The molecule has 0 saturated carbocycles. The molecular weight excluding hydrogens is 540 g/mol. The van der Waals surface area contributed by atoms with Crippen LogP contribution in [-0.2, 0) is 9.59 Å². The van der Waals surface area contributed by atoms with Gasteiger partial charge in [-0.3, -0.25) is 9.59 Å². The van der Waals surface area contributed by atoms with Crippen LogP contribution in [0.5, 0.6) is 0 Å². The smallest absolute Gasteiger partial charge is 0.219 e. The second-order valence-electron chi connectivity index (χ2n) is 13.6. The molecule has 0 rings (SSSR count). The molecule has 260 valence electrons. The summed E-state index contributed by atoms with van der Waals surface area (Å²) in [6, 6.07) is 0. The third-order valence-corrected chi connectivity index (χ3v) is 9.09. The van der Waals surface area contributed by atoms with Gasteiger partial charge in [-0.2, -0.15) is 0 Å². The maximum atomic E-state index is 12.1. The van der Waals surface area contributed by atoms with E-state index in [0.29, 0.717) is 12.8 Å². The van der Waals surface area contributed by atoms with E-state index in [-0.39, 0.29) is 11.8 Å². The molecule has 0 aliphatic heterocycles. The lowest BCUT2D eigenvalue weighted by molar-refractivity contribution is -0.121. The van der Waals surface area contributed by atoms with E-state index in [1.165, 1.54) is 180 Å². The van der Waals surface area contributed by atoms with Gasteiger partial charge in [0.2, 0.25) is 11.8 Å². The first kappa shape index (κ1) is 42.7. The van der Waals surface area contributed by atoms with Crippen molar-refractivity contribution < 1.29 is 9.59 Å². The van der Waals surface area contributed by atoms with E-state index in [1.807, 2.05) is 0 Å². The van der Waals surface area contributed by atoms with Crippen molar-refractivity contribution in [2.75, 3.05) is 6.54 Å². The van der Waals surface area contributed by atoms with Crippen LogP contribution in [0.4, 0.5) is 0 Å². The molecule has 0 aliphatic carbocycles. The standard InChI is InChI=1S/C40H78N2O2/c1-2-3-4-5-6-7-8-9-10-11-12-13-16-19-22-25-28-31-34-37-40(44)42-38-35-32-29-26-23-20-17-14-15-18-21-24-27-30-33-36-39(41)43/h9-10H,2-8,11-38H2,1H3,(H2,41,43)(H,42,44). The lowest BCUT2D eigenvalue weighted by Crippen LogP contribution is -2.23. The van der Waals surface area contributed by atoms with Gasteiger partial charge in [0.1, 0.15) is 0 Å². The monoisotopic (exact) mass is 619 g/mol. The molecule has 0 aromatic rings. The summed E-state index contributed by atoms with van der Waals surface area (Å²) in [7, 11) is 0. The number of hydrogen-bond donors (Lipinski definition) is 2. The SMILES string of the molecule is CCCCCCCCC=CCCCCCCCCCCCC(=O)NCCCCCCCCCCCCCCCCCC(N)=O. The Kier molecular flexibility index (Phi) is 36.7. The quantitative estimate of drug-likeness (QED) is 0.0537. The van der Waals surface area contributed by atoms with E-state index in [0.717, 1.165) is 32.2 Å². The number of carbonyl (C=O) groups is 2. The Morgan fingerprint density at radius 2 is 0.750 bits per heavy atom. The number of allylic oxidation sites excluding steroid dienone is 2. The molecule has 0 bridgehead atoms. The predicted molar refractivity (Wildman–Crippen MR) is 194 cm³/mol. The van der Waals surface area contributed by atoms with Crippen LogP contribution in [0.25, 0.3) is 0 Å². The number of nitrogens with two attached hydrogens (primary N) is 1. The number of nitrogens with one attached hydrogen (secondary N) is 1. The van der Waals surface area contributed by atoms with Crippen molar-refractivity contribution in [3.05, 3.63) is 12.2 Å². The first-order valence-electron chi connectivity index (χ1n) is 19.9. The van der Waals surface area contributed by atoms with Crippen LogP contribution in [-0.4, -0.2) is 18.4 Å².